The van der Waals surface area contributed by atoms with Crippen molar-refractivity contribution >= 4 is 34.1 Å². The Bertz CT molecular complexity index is 1180. The summed E-state index contributed by atoms with van der Waals surface area (Å²) in [6, 6.07) is 6.40. The van der Waals surface area contributed by atoms with Crippen molar-refractivity contribution in [3.8, 4) is 0 Å². The maximum atomic E-state index is 14.8. The number of primary amides is 1. The number of aryl methyl sites for hydroxylation is 1. The van der Waals surface area contributed by atoms with Crippen LogP contribution >= 0.6 is 0 Å². The van der Waals surface area contributed by atoms with Crippen LogP contribution in [-0.4, -0.2) is 60.2 Å². The molecule has 0 bridgehead atoms. The van der Waals surface area contributed by atoms with Crippen molar-refractivity contribution in [3.05, 3.63) is 41.3 Å². The zero-order chi connectivity index (χ0) is 26.2. The minimum atomic E-state index is -0.789. The highest BCUT2D eigenvalue weighted by Crippen LogP contribution is 2.28. The number of carbonyl (C=O) groups excluding carboxylic acids is 1. The standard InChI is InChI=1S/C25H36FN7O3/c1-5-20(15(2)27)30-25-19(26)14-18(23(28)34)24(31-25)29-16-8-9-22-17(13-16)21(7-6-11-35-3)32-33(22)10-12-36-4/h8-9,13-15,20H,5-7,10-12,27H2,1-4H3,(H2,28,34)(H2,29,30,31)/t15-,20+/m0/s1. The smallest absolute Gasteiger partial charge is 0.252 e. The van der Waals surface area contributed by atoms with Crippen molar-refractivity contribution in [2.45, 2.75) is 51.7 Å². The summed E-state index contributed by atoms with van der Waals surface area (Å²) >= 11 is 0. The molecule has 6 N–H and O–H groups in total. The first kappa shape index (κ1) is 27.3. The highest BCUT2D eigenvalue weighted by atomic mass is 19.1. The molecule has 11 heteroatoms. The number of benzene rings is 1. The maximum Gasteiger partial charge on any atom is 0.252 e. The van der Waals surface area contributed by atoms with Gasteiger partial charge in [-0.25, -0.2) is 9.37 Å². The van der Waals surface area contributed by atoms with E-state index < -0.39 is 11.7 Å². The van der Waals surface area contributed by atoms with Gasteiger partial charge in [-0.2, -0.15) is 5.10 Å². The molecule has 0 saturated carbocycles. The van der Waals surface area contributed by atoms with Crippen molar-refractivity contribution in [3.63, 3.8) is 0 Å². The van der Waals surface area contributed by atoms with Gasteiger partial charge in [0.1, 0.15) is 5.82 Å². The number of hydrogen-bond donors (Lipinski definition) is 4. The number of nitrogens with two attached hydrogens (primary N) is 2. The second-order valence-corrected chi connectivity index (χ2v) is 8.71. The van der Waals surface area contributed by atoms with E-state index in [1.807, 2.05) is 36.7 Å². The number of ether oxygens (including phenoxy) is 2. The molecule has 196 valence electrons. The lowest BCUT2D eigenvalue weighted by Gasteiger charge is -2.22. The molecule has 2 aromatic heterocycles. The van der Waals surface area contributed by atoms with Gasteiger partial charge in [-0.05, 0) is 50.5 Å². The Morgan fingerprint density at radius 2 is 1.94 bits per heavy atom. The summed E-state index contributed by atoms with van der Waals surface area (Å²) in [5.41, 5.74) is 14.0. The third kappa shape index (κ3) is 6.48. The third-order valence-electron chi connectivity index (χ3n) is 6.00. The van der Waals surface area contributed by atoms with Gasteiger partial charge in [0.25, 0.3) is 5.91 Å². The van der Waals surface area contributed by atoms with Crippen LogP contribution in [0.3, 0.4) is 0 Å². The molecule has 0 spiro atoms. The number of amides is 1. The van der Waals surface area contributed by atoms with Crippen LogP contribution < -0.4 is 22.1 Å². The van der Waals surface area contributed by atoms with Gasteiger partial charge in [0, 0.05) is 44.0 Å². The zero-order valence-electron chi connectivity index (χ0n) is 21.3. The second-order valence-electron chi connectivity index (χ2n) is 8.71. The monoisotopic (exact) mass is 501 g/mol. The largest absolute Gasteiger partial charge is 0.385 e. The van der Waals surface area contributed by atoms with E-state index in [1.54, 1.807) is 14.2 Å². The fourth-order valence-electron chi connectivity index (χ4n) is 4.03. The van der Waals surface area contributed by atoms with Crippen LogP contribution in [0.15, 0.2) is 24.3 Å². The van der Waals surface area contributed by atoms with Crippen molar-refractivity contribution in [2.24, 2.45) is 11.5 Å². The third-order valence-corrected chi connectivity index (χ3v) is 6.00. The second kappa shape index (κ2) is 12.6. The quantitative estimate of drug-likeness (QED) is 0.247. The lowest BCUT2D eigenvalue weighted by atomic mass is 10.1. The number of nitrogens with zero attached hydrogens (tertiary/aromatic N) is 3. The van der Waals surface area contributed by atoms with E-state index in [9.17, 15) is 9.18 Å². The van der Waals surface area contributed by atoms with E-state index in [1.165, 1.54) is 0 Å². The van der Waals surface area contributed by atoms with Gasteiger partial charge in [0.2, 0.25) is 0 Å². The highest BCUT2D eigenvalue weighted by molar-refractivity contribution is 5.99. The van der Waals surface area contributed by atoms with Crippen molar-refractivity contribution < 1.29 is 18.7 Å². The van der Waals surface area contributed by atoms with Crippen LogP contribution in [0.2, 0.25) is 0 Å². The molecule has 0 radical (unpaired) electrons. The molecular weight excluding hydrogens is 465 g/mol. The van der Waals surface area contributed by atoms with Gasteiger partial charge < -0.3 is 31.6 Å². The van der Waals surface area contributed by atoms with Gasteiger partial charge in [0.05, 0.1) is 29.9 Å². The first-order valence-electron chi connectivity index (χ1n) is 12.1. The summed E-state index contributed by atoms with van der Waals surface area (Å²) in [6.45, 7) is 5.56. The van der Waals surface area contributed by atoms with Crippen molar-refractivity contribution in [2.75, 3.05) is 38.1 Å². The predicted octanol–water partition coefficient (Wildman–Crippen LogP) is 3.18. The molecule has 2 heterocycles. The lowest BCUT2D eigenvalue weighted by molar-refractivity contribution is 0.100. The summed E-state index contributed by atoms with van der Waals surface area (Å²) in [5.74, 6) is -1.31. The van der Waals surface area contributed by atoms with E-state index in [2.05, 4.69) is 15.6 Å². The van der Waals surface area contributed by atoms with E-state index in [4.69, 9.17) is 26.0 Å². The average molecular weight is 502 g/mol. The summed E-state index contributed by atoms with van der Waals surface area (Å²) in [6.07, 6.45) is 2.23. The number of halogens is 1. The number of fused-ring (bicyclic) bond motifs is 1. The molecule has 0 aliphatic carbocycles. The number of anilines is 3. The number of pyridine rings is 1. The molecule has 2 atom stereocenters. The van der Waals surface area contributed by atoms with E-state index in [0.717, 1.165) is 35.5 Å². The van der Waals surface area contributed by atoms with Crippen molar-refractivity contribution in [1.29, 1.82) is 0 Å². The Kier molecular flexibility index (Phi) is 9.57. The van der Waals surface area contributed by atoms with Gasteiger partial charge in [-0.1, -0.05) is 6.92 Å². The highest BCUT2D eigenvalue weighted by Gasteiger charge is 2.20. The van der Waals surface area contributed by atoms with Crippen LogP contribution in [-0.2, 0) is 22.4 Å². The number of nitrogens with one attached hydrogen (secondary N) is 2. The summed E-state index contributed by atoms with van der Waals surface area (Å²) in [4.78, 5) is 16.4. The predicted molar refractivity (Wildman–Crippen MR) is 139 cm³/mol. The number of rotatable bonds is 14. The topological polar surface area (TPSA) is 142 Å². The molecule has 10 nitrogen and oxygen atoms in total. The fourth-order valence-corrected chi connectivity index (χ4v) is 4.03. The Hall–Kier alpha value is -3.28. The first-order chi connectivity index (χ1) is 17.3. The molecule has 36 heavy (non-hydrogen) atoms. The molecule has 1 aromatic carbocycles. The number of carbonyl (C=O) groups is 1. The Balaban J connectivity index is 1.99. The molecule has 0 fully saturated rings. The van der Waals surface area contributed by atoms with Gasteiger partial charge in [0.15, 0.2) is 11.6 Å². The van der Waals surface area contributed by atoms with Crippen molar-refractivity contribution in [1.82, 2.24) is 14.8 Å². The molecule has 3 rings (SSSR count). The zero-order valence-corrected chi connectivity index (χ0v) is 21.3. The van der Waals surface area contributed by atoms with E-state index in [-0.39, 0.29) is 29.3 Å². The number of aromatic nitrogens is 3. The summed E-state index contributed by atoms with van der Waals surface area (Å²) in [5, 5.41) is 11.9. The molecule has 3 aromatic rings. The molecule has 0 unspecified atom stereocenters. The Labute approximate surface area is 210 Å². The maximum absolute atomic E-state index is 14.8. The average Bonchev–Trinajstić information content (AvgIpc) is 3.19. The SMILES string of the molecule is CC[C@@H](Nc1nc(Nc2ccc3c(c2)c(CCCOC)nn3CCOC)c(C(N)=O)cc1F)[C@H](C)N. The van der Waals surface area contributed by atoms with Gasteiger partial charge in [-0.15, -0.1) is 0 Å². The fraction of sp³-hybridized carbons (Fsp3) is 0.480. The molecular formula is C25H36FN7O3. The van der Waals surface area contributed by atoms with E-state index in [0.29, 0.717) is 31.9 Å². The summed E-state index contributed by atoms with van der Waals surface area (Å²) in [7, 11) is 3.32. The molecule has 0 saturated heterocycles. The van der Waals surface area contributed by atoms with E-state index >= 15 is 0 Å². The molecule has 0 aliphatic rings. The van der Waals surface area contributed by atoms with Crippen LogP contribution in [0.1, 0.15) is 42.7 Å². The Morgan fingerprint density at radius 3 is 2.58 bits per heavy atom. The van der Waals surface area contributed by atoms with Gasteiger partial charge >= 0.3 is 0 Å². The summed E-state index contributed by atoms with van der Waals surface area (Å²) < 4.78 is 27.1. The normalized spacial score (nSPS) is 13.1. The minimum absolute atomic E-state index is 0.000341. The van der Waals surface area contributed by atoms with Crippen LogP contribution in [0.4, 0.5) is 21.7 Å². The first-order valence-corrected chi connectivity index (χ1v) is 12.1. The minimum Gasteiger partial charge on any atom is -0.385 e. The lowest BCUT2D eigenvalue weighted by Crippen LogP contribution is -2.38. The number of hydrogen-bond acceptors (Lipinski definition) is 8. The Morgan fingerprint density at radius 1 is 1.19 bits per heavy atom. The van der Waals surface area contributed by atoms with Crippen LogP contribution in [0, 0.1) is 5.82 Å². The van der Waals surface area contributed by atoms with Crippen LogP contribution in [0.5, 0.6) is 0 Å². The van der Waals surface area contributed by atoms with Gasteiger partial charge in [-0.3, -0.25) is 9.48 Å². The van der Waals surface area contributed by atoms with Crippen LogP contribution in [0.25, 0.3) is 10.9 Å². The number of methoxy groups -OCH3 is 2. The molecule has 0 aliphatic heterocycles. The molecule has 1 amide bonds.